The lowest BCUT2D eigenvalue weighted by Crippen LogP contribution is -2.52. The van der Waals surface area contributed by atoms with Gasteiger partial charge in [-0.3, -0.25) is 4.79 Å². The SMILES string of the molecule is C=CCCCCCCCCCN[C@H](C(=O)N[C@@H](CC(C)C)C(=O)O)C(C)C. The molecule has 0 aliphatic carbocycles. The minimum absolute atomic E-state index is 0.114. The molecule has 2 atom stereocenters. The summed E-state index contributed by atoms with van der Waals surface area (Å²) in [6.07, 6.45) is 12.0. The molecule has 0 rings (SSSR count). The van der Waals surface area contributed by atoms with Crippen molar-refractivity contribution in [3.63, 3.8) is 0 Å². The molecule has 0 aliphatic heterocycles. The van der Waals surface area contributed by atoms with Crippen LogP contribution in [0.2, 0.25) is 0 Å². The Morgan fingerprint density at radius 3 is 2.00 bits per heavy atom. The topological polar surface area (TPSA) is 78.4 Å². The number of rotatable bonds is 17. The quantitative estimate of drug-likeness (QED) is 0.255. The Morgan fingerprint density at radius 2 is 1.52 bits per heavy atom. The van der Waals surface area contributed by atoms with E-state index in [4.69, 9.17) is 0 Å². The summed E-state index contributed by atoms with van der Waals surface area (Å²) in [5.74, 6) is -0.843. The minimum Gasteiger partial charge on any atom is -0.480 e. The van der Waals surface area contributed by atoms with Crippen molar-refractivity contribution in [2.24, 2.45) is 11.8 Å². The van der Waals surface area contributed by atoms with Crippen molar-refractivity contribution in [1.82, 2.24) is 10.6 Å². The molecule has 0 radical (unpaired) electrons. The molecule has 0 saturated carbocycles. The van der Waals surface area contributed by atoms with Gasteiger partial charge in [-0.05, 0) is 44.1 Å². The summed E-state index contributed by atoms with van der Waals surface area (Å²) >= 11 is 0. The van der Waals surface area contributed by atoms with Crippen molar-refractivity contribution in [3.8, 4) is 0 Å². The summed E-state index contributed by atoms with van der Waals surface area (Å²) in [5, 5.41) is 15.3. The molecule has 5 nitrogen and oxygen atoms in total. The third-order valence-corrected chi connectivity index (χ3v) is 4.72. The highest BCUT2D eigenvalue weighted by Crippen LogP contribution is 2.10. The van der Waals surface area contributed by atoms with E-state index in [1.807, 2.05) is 33.8 Å². The molecule has 1 amide bonds. The normalized spacial score (nSPS) is 13.6. The van der Waals surface area contributed by atoms with Crippen LogP contribution < -0.4 is 10.6 Å². The molecule has 0 spiro atoms. The van der Waals surface area contributed by atoms with Crippen molar-refractivity contribution in [2.45, 2.75) is 97.6 Å². The molecular weight excluding hydrogens is 340 g/mol. The number of aliphatic carboxylic acids is 1. The van der Waals surface area contributed by atoms with Crippen LogP contribution in [0.4, 0.5) is 0 Å². The fraction of sp³-hybridized carbons (Fsp3) is 0.818. The van der Waals surface area contributed by atoms with Gasteiger partial charge in [0.25, 0.3) is 0 Å². The lowest BCUT2D eigenvalue weighted by molar-refractivity contribution is -0.142. The van der Waals surface area contributed by atoms with Crippen LogP contribution in [0.15, 0.2) is 12.7 Å². The Hall–Kier alpha value is -1.36. The molecule has 0 heterocycles. The maximum absolute atomic E-state index is 12.5. The van der Waals surface area contributed by atoms with Crippen LogP contribution in [0.5, 0.6) is 0 Å². The number of allylic oxidation sites excluding steroid dienone is 1. The zero-order valence-electron chi connectivity index (χ0n) is 17.9. The van der Waals surface area contributed by atoms with Gasteiger partial charge in [-0.2, -0.15) is 0 Å². The van der Waals surface area contributed by atoms with Crippen LogP contribution in [0.3, 0.4) is 0 Å². The zero-order valence-corrected chi connectivity index (χ0v) is 17.9. The van der Waals surface area contributed by atoms with Crippen LogP contribution in [-0.2, 0) is 9.59 Å². The van der Waals surface area contributed by atoms with Gasteiger partial charge in [-0.15, -0.1) is 6.58 Å². The summed E-state index contributed by atoms with van der Waals surface area (Å²) in [6.45, 7) is 12.4. The van der Waals surface area contributed by atoms with Gasteiger partial charge < -0.3 is 15.7 Å². The van der Waals surface area contributed by atoms with Crippen LogP contribution in [0.1, 0.15) is 85.5 Å². The molecule has 0 aromatic carbocycles. The van der Waals surface area contributed by atoms with E-state index < -0.39 is 12.0 Å². The smallest absolute Gasteiger partial charge is 0.326 e. The van der Waals surface area contributed by atoms with Crippen molar-refractivity contribution < 1.29 is 14.7 Å². The highest BCUT2D eigenvalue weighted by Gasteiger charge is 2.27. The molecule has 0 aliphatic rings. The van der Waals surface area contributed by atoms with Crippen LogP contribution >= 0.6 is 0 Å². The highest BCUT2D eigenvalue weighted by molar-refractivity contribution is 5.87. The molecule has 0 saturated heterocycles. The molecule has 0 fully saturated rings. The average molecular weight is 383 g/mol. The van der Waals surface area contributed by atoms with Crippen LogP contribution in [-0.4, -0.2) is 35.6 Å². The zero-order chi connectivity index (χ0) is 20.7. The summed E-state index contributed by atoms with van der Waals surface area (Å²) in [5.41, 5.74) is 0. The van der Waals surface area contributed by atoms with Crippen LogP contribution in [0.25, 0.3) is 0 Å². The van der Waals surface area contributed by atoms with Crippen LogP contribution in [0, 0.1) is 11.8 Å². The summed E-state index contributed by atoms with van der Waals surface area (Å²) in [6, 6.07) is -1.17. The number of carboxylic acid groups (broad SMARTS) is 1. The first-order valence-electron chi connectivity index (χ1n) is 10.7. The molecule has 158 valence electrons. The van der Waals surface area contributed by atoms with Crippen molar-refractivity contribution in [3.05, 3.63) is 12.7 Å². The first-order chi connectivity index (χ1) is 12.8. The van der Waals surface area contributed by atoms with E-state index >= 15 is 0 Å². The van der Waals surface area contributed by atoms with E-state index in [-0.39, 0.29) is 23.8 Å². The van der Waals surface area contributed by atoms with Gasteiger partial charge in [0.15, 0.2) is 0 Å². The summed E-state index contributed by atoms with van der Waals surface area (Å²) in [4.78, 5) is 23.9. The first-order valence-corrected chi connectivity index (χ1v) is 10.7. The molecule has 5 heteroatoms. The van der Waals surface area contributed by atoms with Gasteiger partial charge in [-0.1, -0.05) is 65.9 Å². The predicted molar refractivity (Wildman–Crippen MR) is 113 cm³/mol. The maximum Gasteiger partial charge on any atom is 0.326 e. The second kappa shape index (κ2) is 15.7. The van der Waals surface area contributed by atoms with Gasteiger partial charge in [0.05, 0.1) is 6.04 Å². The van der Waals surface area contributed by atoms with Crippen molar-refractivity contribution in [2.75, 3.05) is 6.54 Å². The largest absolute Gasteiger partial charge is 0.480 e. The monoisotopic (exact) mass is 382 g/mol. The number of carboxylic acids is 1. The van der Waals surface area contributed by atoms with Crippen molar-refractivity contribution in [1.29, 1.82) is 0 Å². The predicted octanol–water partition coefficient (Wildman–Crippen LogP) is 4.52. The number of nitrogens with one attached hydrogen (secondary N) is 2. The van der Waals surface area contributed by atoms with E-state index in [0.29, 0.717) is 6.42 Å². The van der Waals surface area contributed by atoms with Gasteiger partial charge in [-0.25, -0.2) is 4.79 Å². The number of hydrogen-bond donors (Lipinski definition) is 3. The number of hydrogen-bond acceptors (Lipinski definition) is 3. The van der Waals surface area contributed by atoms with Crippen molar-refractivity contribution >= 4 is 11.9 Å². The fourth-order valence-electron chi connectivity index (χ4n) is 3.14. The standard InChI is InChI=1S/C22H42N2O3/c1-6-7-8-9-10-11-12-13-14-15-23-20(18(4)5)21(25)24-19(22(26)27)16-17(2)3/h6,17-20,23H,1,7-16H2,2-5H3,(H,24,25)(H,26,27)/t19-,20-/m0/s1. The first kappa shape index (κ1) is 25.6. The highest BCUT2D eigenvalue weighted by atomic mass is 16.4. The minimum atomic E-state index is -0.965. The number of carbonyl (C=O) groups excluding carboxylic acids is 1. The van der Waals surface area contributed by atoms with E-state index in [1.54, 1.807) is 0 Å². The Bertz CT molecular complexity index is 422. The lowest BCUT2D eigenvalue weighted by atomic mass is 10.00. The van der Waals surface area contributed by atoms with E-state index in [0.717, 1.165) is 25.8 Å². The van der Waals surface area contributed by atoms with Gasteiger partial charge >= 0.3 is 5.97 Å². The number of amides is 1. The lowest BCUT2D eigenvalue weighted by Gasteiger charge is -2.24. The molecule has 0 aromatic rings. The number of unbranched alkanes of at least 4 members (excludes halogenated alkanes) is 7. The van der Waals surface area contributed by atoms with E-state index in [2.05, 4.69) is 17.2 Å². The Labute approximate surface area is 166 Å². The van der Waals surface area contributed by atoms with Gasteiger partial charge in [0.1, 0.15) is 6.04 Å². The molecular formula is C22H42N2O3. The molecule has 27 heavy (non-hydrogen) atoms. The van der Waals surface area contributed by atoms with E-state index in [9.17, 15) is 14.7 Å². The fourth-order valence-corrected chi connectivity index (χ4v) is 3.14. The third kappa shape index (κ3) is 13.5. The molecule has 3 N–H and O–H groups in total. The summed E-state index contributed by atoms with van der Waals surface area (Å²) in [7, 11) is 0. The summed E-state index contributed by atoms with van der Waals surface area (Å²) < 4.78 is 0. The second-order valence-electron chi connectivity index (χ2n) is 8.26. The Balaban J connectivity index is 4.13. The Kier molecular flexibility index (Phi) is 14.9. The number of carbonyl (C=O) groups is 2. The maximum atomic E-state index is 12.5. The van der Waals surface area contributed by atoms with Gasteiger partial charge in [0, 0.05) is 0 Å². The molecule has 0 unspecified atom stereocenters. The third-order valence-electron chi connectivity index (χ3n) is 4.72. The Morgan fingerprint density at radius 1 is 0.963 bits per heavy atom. The van der Waals surface area contributed by atoms with Gasteiger partial charge in [0.2, 0.25) is 5.91 Å². The molecule has 0 bridgehead atoms. The average Bonchev–Trinajstić information content (AvgIpc) is 2.58. The van der Waals surface area contributed by atoms with E-state index in [1.165, 1.54) is 32.1 Å². The molecule has 0 aromatic heterocycles. The second-order valence-corrected chi connectivity index (χ2v) is 8.26.